The highest BCUT2D eigenvalue weighted by molar-refractivity contribution is 7.99. The van der Waals surface area contributed by atoms with Gasteiger partial charge in [-0.25, -0.2) is 0 Å². The Hall–Kier alpha value is -1.24. The van der Waals surface area contributed by atoms with Crippen molar-refractivity contribution in [3.63, 3.8) is 0 Å². The molecular formula is C20H30ClN3O2S. The van der Waals surface area contributed by atoms with Gasteiger partial charge in [-0.15, -0.1) is 12.4 Å². The number of nitrogens with zero attached hydrogens (tertiary/aromatic N) is 2. The Kier molecular flexibility index (Phi) is 9.45. The molecule has 1 aromatic rings. The molecule has 0 spiro atoms. The quantitative estimate of drug-likeness (QED) is 0.807. The standard InChI is InChI=1S/C20H29N3O2S.ClH/c24-19(8-7-17-5-2-1-3-6-17)22-10-4-11-23(13-12-22)20(25)15-18-16-26-14-9-21-18;/h1-3,5-6,18,21H,4,7-16H2;1H. The van der Waals surface area contributed by atoms with Gasteiger partial charge >= 0.3 is 0 Å². The van der Waals surface area contributed by atoms with Crippen molar-refractivity contribution in [2.45, 2.75) is 31.7 Å². The summed E-state index contributed by atoms with van der Waals surface area (Å²) in [4.78, 5) is 29.0. The van der Waals surface area contributed by atoms with Crippen molar-refractivity contribution < 1.29 is 9.59 Å². The molecular weight excluding hydrogens is 382 g/mol. The van der Waals surface area contributed by atoms with Gasteiger partial charge in [0, 0.05) is 63.1 Å². The van der Waals surface area contributed by atoms with Crippen molar-refractivity contribution in [2.75, 3.05) is 44.2 Å². The Balaban J connectivity index is 0.00000261. The lowest BCUT2D eigenvalue weighted by molar-refractivity contribution is -0.133. The molecule has 0 aliphatic carbocycles. The summed E-state index contributed by atoms with van der Waals surface area (Å²) in [6, 6.07) is 10.4. The van der Waals surface area contributed by atoms with Gasteiger partial charge < -0.3 is 15.1 Å². The van der Waals surface area contributed by atoms with E-state index in [-0.39, 0.29) is 24.2 Å². The van der Waals surface area contributed by atoms with Gasteiger partial charge in [-0.05, 0) is 18.4 Å². The first-order chi connectivity index (χ1) is 12.7. The van der Waals surface area contributed by atoms with Crippen LogP contribution in [0.4, 0.5) is 0 Å². The number of hydrogen-bond acceptors (Lipinski definition) is 4. The summed E-state index contributed by atoms with van der Waals surface area (Å²) < 4.78 is 0. The van der Waals surface area contributed by atoms with Gasteiger partial charge in [0.25, 0.3) is 0 Å². The molecule has 2 fully saturated rings. The highest BCUT2D eigenvalue weighted by Gasteiger charge is 2.24. The van der Waals surface area contributed by atoms with Crippen molar-refractivity contribution in [1.82, 2.24) is 15.1 Å². The topological polar surface area (TPSA) is 52.7 Å². The maximum absolute atomic E-state index is 12.6. The fraction of sp³-hybridized carbons (Fsp3) is 0.600. The van der Waals surface area contributed by atoms with Gasteiger partial charge in [-0.2, -0.15) is 11.8 Å². The van der Waals surface area contributed by atoms with Gasteiger partial charge in [-0.1, -0.05) is 30.3 Å². The maximum Gasteiger partial charge on any atom is 0.224 e. The molecule has 2 aliphatic heterocycles. The number of benzene rings is 1. The molecule has 2 saturated heterocycles. The SMILES string of the molecule is Cl.O=C(CCc1ccccc1)N1CCCN(C(=O)CC2CSCCN2)CC1. The van der Waals surface area contributed by atoms with Crippen LogP contribution in [0.5, 0.6) is 0 Å². The number of halogens is 1. The number of aryl methyl sites for hydroxylation is 1. The number of rotatable bonds is 5. The average molecular weight is 412 g/mol. The van der Waals surface area contributed by atoms with Crippen molar-refractivity contribution in [2.24, 2.45) is 0 Å². The van der Waals surface area contributed by atoms with E-state index in [0.717, 1.165) is 44.0 Å². The highest BCUT2D eigenvalue weighted by Crippen LogP contribution is 2.13. The minimum absolute atomic E-state index is 0. The lowest BCUT2D eigenvalue weighted by atomic mass is 10.1. The van der Waals surface area contributed by atoms with Crippen LogP contribution in [-0.4, -0.2) is 71.9 Å². The van der Waals surface area contributed by atoms with Crippen molar-refractivity contribution in [1.29, 1.82) is 0 Å². The first-order valence-electron chi connectivity index (χ1n) is 9.63. The maximum atomic E-state index is 12.6. The van der Waals surface area contributed by atoms with Crippen LogP contribution < -0.4 is 5.32 Å². The normalized spacial score (nSPS) is 20.5. The molecule has 0 radical (unpaired) electrons. The zero-order valence-electron chi connectivity index (χ0n) is 15.8. The minimum Gasteiger partial charge on any atom is -0.341 e. The summed E-state index contributed by atoms with van der Waals surface area (Å²) in [7, 11) is 0. The molecule has 7 heteroatoms. The molecule has 5 nitrogen and oxygen atoms in total. The van der Waals surface area contributed by atoms with E-state index < -0.39 is 0 Å². The summed E-state index contributed by atoms with van der Waals surface area (Å²) in [5.41, 5.74) is 1.20. The van der Waals surface area contributed by atoms with Crippen molar-refractivity contribution in [3.05, 3.63) is 35.9 Å². The third-order valence-corrected chi connectivity index (χ3v) is 6.22. The van der Waals surface area contributed by atoms with Gasteiger partial charge in [-0.3, -0.25) is 9.59 Å². The van der Waals surface area contributed by atoms with Crippen molar-refractivity contribution >= 4 is 36.0 Å². The van der Waals surface area contributed by atoms with E-state index >= 15 is 0 Å². The second-order valence-electron chi connectivity index (χ2n) is 7.03. The lowest BCUT2D eigenvalue weighted by Gasteiger charge is -2.27. The molecule has 2 aliphatic rings. The molecule has 1 atom stereocenters. The summed E-state index contributed by atoms with van der Waals surface area (Å²) in [5.74, 6) is 2.58. The van der Waals surface area contributed by atoms with Gasteiger partial charge in [0.1, 0.15) is 0 Å². The fourth-order valence-corrected chi connectivity index (χ4v) is 4.51. The van der Waals surface area contributed by atoms with Crippen LogP contribution in [-0.2, 0) is 16.0 Å². The van der Waals surface area contributed by atoms with E-state index in [1.54, 1.807) is 0 Å². The van der Waals surface area contributed by atoms with Crippen LogP contribution in [0.25, 0.3) is 0 Å². The average Bonchev–Trinajstić information content (AvgIpc) is 2.94. The van der Waals surface area contributed by atoms with E-state index in [0.29, 0.717) is 32.0 Å². The van der Waals surface area contributed by atoms with Crippen molar-refractivity contribution in [3.8, 4) is 0 Å². The lowest BCUT2D eigenvalue weighted by Crippen LogP contribution is -2.43. The van der Waals surface area contributed by atoms with Gasteiger partial charge in [0.2, 0.25) is 11.8 Å². The molecule has 27 heavy (non-hydrogen) atoms. The minimum atomic E-state index is 0. The largest absolute Gasteiger partial charge is 0.341 e. The molecule has 0 bridgehead atoms. The number of amides is 2. The Labute approximate surface area is 172 Å². The predicted octanol–water partition coefficient (Wildman–Crippen LogP) is 2.20. The van der Waals surface area contributed by atoms with Crippen LogP contribution in [0, 0.1) is 0 Å². The summed E-state index contributed by atoms with van der Waals surface area (Å²) in [6.45, 7) is 3.84. The number of thioether (sulfide) groups is 1. The Morgan fingerprint density at radius 3 is 2.41 bits per heavy atom. The Bertz CT molecular complexity index is 596. The second-order valence-corrected chi connectivity index (χ2v) is 8.18. The van der Waals surface area contributed by atoms with Crippen LogP contribution in [0.3, 0.4) is 0 Å². The molecule has 2 heterocycles. The van der Waals surface area contributed by atoms with Gasteiger partial charge in [0.05, 0.1) is 0 Å². The van der Waals surface area contributed by atoms with E-state index in [1.165, 1.54) is 5.56 Å². The third kappa shape index (κ3) is 7.01. The van der Waals surface area contributed by atoms with Crippen LogP contribution in [0.2, 0.25) is 0 Å². The van der Waals surface area contributed by atoms with Crippen LogP contribution in [0.15, 0.2) is 30.3 Å². The summed E-state index contributed by atoms with van der Waals surface area (Å²) in [5, 5.41) is 3.43. The fourth-order valence-electron chi connectivity index (χ4n) is 3.56. The van der Waals surface area contributed by atoms with Crippen LogP contribution >= 0.6 is 24.2 Å². The molecule has 150 valence electrons. The number of nitrogens with one attached hydrogen (secondary N) is 1. The summed E-state index contributed by atoms with van der Waals surface area (Å²) >= 11 is 1.92. The highest BCUT2D eigenvalue weighted by atomic mass is 35.5. The molecule has 0 saturated carbocycles. The van der Waals surface area contributed by atoms with E-state index in [9.17, 15) is 9.59 Å². The Morgan fingerprint density at radius 1 is 1.04 bits per heavy atom. The Morgan fingerprint density at radius 2 is 1.74 bits per heavy atom. The van der Waals surface area contributed by atoms with Crippen LogP contribution in [0.1, 0.15) is 24.8 Å². The second kappa shape index (κ2) is 11.6. The van der Waals surface area contributed by atoms with E-state index in [1.807, 2.05) is 39.8 Å². The number of hydrogen-bond donors (Lipinski definition) is 1. The summed E-state index contributed by atoms with van der Waals surface area (Å²) in [6.07, 6.45) is 2.77. The zero-order valence-corrected chi connectivity index (χ0v) is 17.4. The number of carbonyl (C=O) groups is 2. The smallest absolute Gasteiger partial charge is 0.224 e. The van der Waals surface area contributed by atoms with Gasteiger partial charge in [0.15, 0.2) is 0 Å². The molecule has 2 amide bonds. The third-order valence-electron chi connectivity index (χ3n) is 5.09. The molecule has 1 aromatic carbocycles. The zero-order chi connectivity index (χ0) is 18.2. The van der Waals surface area contributed by atoms with E-state index in [2.05, 4.69) is 17.4 Å². The monoisotopic (exact) mass is 411 g/mol. The molecule has 1 unspecified atom stereocenters. The first kappa shape index (κ1) is 22.1. The molecule has 1 N–H and O–H groups in total. The molecule has 0 aromatic heterocycles. The van der Waals surface area contributed by atoms with E-state index in [4.69, 9.17) is 0 Å². The molecule has 3 rings (SSSR count). The number of carbonyl (C=O) groups excluding carboxylic acids is 2. The first-order valence-corrected chi connectivity index (χ1v) is 10.8. The predicted molar refractivity (Wildman–Crippen MR) is 114 cm³/mol.